The zero-order chi connectivity index (χ0) is 23.0. The molecule has 6 heteroatoms. The first kappa shape index (κ1) is 27.1. The number of likely N-dealkylation sites (tertiary alicyclic amines) is 2. The second-order valence-electron chi connectivity index (χ2n) is 10.1. The van der Waals surface area contributed by atoms with Crippen LogP contribution in [0.15, 0.2) is 0 Å². The Morgan fingerprint density at radius 2 is 0.906 bits per heavy atom. The van der Waals surface area contributed by atoms with Crippen LogP contribution in [0.5, 0.6) is 0 Å². The van der Waals surface area contributed by atoms with Crippen molar-refractivity contribution in [1.82, 2.24) is 19.6 Å². The Morgan fingerprint density at radius 3 is 1.25 bits per heavy atom. The Labute approximate surface area is 197 Å². The largest absolute Gasteiger partial charge is 0.346 e. The van der Waals surface area contributed by atoms with Crippen molar-refractivity contribution in [2.45, 2.75) is 89.9 Å². The molecule has 0 N–H and O–H groups in total. The van der Waals surface area contributed by atoms with Gasteiger partial charge >= 0.3 is 0 Å². The molecule has 0 saturated carbocycles. The Bertz CT molecular complexity index is 466. The maximum absolute atomic E-state index is 12.4. The zero-order valence-electron chi connectivity index (χ0n) is 21.2. The van der Waals surface area contributed by atoms with Gasteiger partial charge in [-0.25, -0.2) is 0 Å². The molecular weight excluding hydrogens is 400 g/mol. The molecule has 2 saturated heterocycles. The average Bonchev–Trinajstić information content (AvgIpc) is 3.22. The van der Waals surface area contributed by atoms with E-state index in [4.69, 9.17) is 0 Å². The molecule has 0 atom stereocenters. The minimum atomic E-state index is 0.281. The van der Waals surface area contributed by atoms with Crippen molar-refractivity contribution >= 4 is 11.8 Å². The Hall–Kier alpha value is -1.14. The molecule has 0 aliphatic carbocycles. The van der Waals surface area contributed by atoms with Gasteiger partial charge < -0.3 is 19.6 Å². The number of hydrogen-bond acceptors (Lipinski definition) is 4. The highest BCUT2D eigenvalue weighted by Gasteiger charge is 2.15. The first-order valence-corrected chi connectivity index (χ1v) is 13.5. The summed E-state index contributed by atoms with van der Waals surface area (Å²) in [6, 6.07) is 0. The number of rotatable bonds is 13. The van der Waals surface area contributed by atoms with Crippen LogP contribution in [0.3, 0.4) is 0 Å². The minimum absolute atomic E-state index is 0.281. The van der Waals surface area contributed by atoms with Gasteiger partial charge in [0.1, 0.15) is 0 Å². The highest BCUT2D eigenvalue weighted by Crippen LogP contribution is 2.12. The van der Waals surface area contributed by atoms with E-state index in [-0.39, 0.29) is 11.8 Å². The second kappa shape index (κ2) is 16.5. The van der Waals surface area contributed by atoms with Crippen LogP contribution in [0, 0.1) is 0 Å². The van der Waals surface area contributed by atoms with Crippen LogP contribution in [0.25, 0.3) is 0 Å². The molecule has 0 aromatic heterocycles. The first-order valence-electron chi connectivity index (χ1n) is 13.5. The monoisotopic (exact) mass is 450 g/mol. The van der Waals surface area contributed by atoms with Crippen molar-refractivity contribution in [3.63, 3.8) is 0 Å². The molecule has 0 unspecified atom stereocenters. The first-order chi connectivity index (χ1) is 15.6. The average molecular weight is 451 g/mol. The molecule has 2 aliphatic heterocycles. The number of hydrogen-bond donors (Lipinski definition) is 0. The van der Waals surface area contributed by atoms with Gasteiger partial charge in [-0.05, 0) is 64.7 Å². The Morgan fingerprint density at radius 1 is 0.562 bits per heavy atom. The summed E-state index contributed by atoms with van der Waals surface area (Å²) in [5.41, 5.74) is 0. The fourth-order valence-corrected chi connectivity index (χ4v) is 4.91. The van der Waals surface area contributed by atoms with Crippen molar-refractivity contribution < 1.29 is 9.59 Å². The maximum Gasteiger partial charge on any atom is 0.223 e. The summed E-state index contributed by atoms with van der Waals surface area (Å²) in [4.78, 5) is 33.6. The molecule has 0 spiro atoms. The third-order valence-corrected chi connectivity index (χ3v) is 7.27. The second-order valence-corrected chi connectivity index (χ2v) is 10.1. The molecule has 2 heterocycles. The third-order valence-electron chi connectivity index (χ3n) is 7.27. The zero-order valence-corrected chi connectivity index (χ0v) is 21.2. The van der Waals surface area contributed by atoms with Crippen LogP contribution in [-0.4, -0.2) is 97.9 Å². The van der Waals surface area contributed by atoms with Gasteiger partial charge in [0.2, 0.25) is 11.8 Å². The van der Waals surface area contributed by atoms with Gasteiger partial charge in [0.05, 0.1) is 0 Å². The van der Waals surface area contributed by atoms with Gasteiger partial charge in [0.15, 0.2) is 0 Å². The summed E-state index contributed by atoms with van der Waals surface area (Å²) >= 11 is 0. The topological polar surface area (TPSA) is 47.1 Å². The Kier molecular flexibility index (Phi) is 14.0. The van der Waals surface area contributed by atoms with Crippen molar-refractivity contribution in [3.05, 3.63) is 0 Å². The van der Waals surface area contributed by atoms with E-state index in [1.807, 2.05) is 23.9 Å². The highest BCUT2D eigenvalue weighted by molar-refractivity contribution is 5.76. The van der Waals surface area contributed by atoms with Crippen LogP contribution in [0.2, 0.25) is 0 Å². The molecule has 2 aliphatic rings. The van der Waals surface area contributed by atoms with Crippen molar-refractivity contribution in [3.8, 4) is 0 Å². The van der Waals surface area contributed by atoms with E-state index in [2.05, 4.69) is 9.80 Å². The van der Waals surface area contributed by atoms with E-state index < -0.39 is 0 Å². The molecule has 186 valence electrons. The van der Waals surface area contributed by atoms with Crippen LogP contribution in [-0.2, 0) is 9.59 Å². The quantitative estimate of drug-likeness (QED) is 0.398. The van der Waals surface area contributed by atoms with Crippen molar-refractivity contribution in [2.75, 3.05) is 66.5 Å². The van der Waals surface area contributed by atoms with Gasteiger partial charge in [-0.15, -0.1) is 0 Å². The van der Waals surface area contributed by atoms with Crippen LogP contribution in [0.4, 0.5) is 0 Å². The van der Waals surface area contributed by atoms with Crippen LogP contribution >= 0.6 is 0 Å². The lowest BCUT2D eigenvalue weighted by molar-refractivity contribution is -0.131. The fraction of sp³-hybridized carbons (Fsp3) is 0.923. The summed E-state index contributed by atoms with van der Waals surface area (Å²) < 4.78 is 0. The fourth-order valence-electron chi connectivity index (χ4n) is 4.91. The normalized spacial score (nSPS) is 18.7. The van der Waals surface area contributed by atoms with Crippen LogP contribution in [0.1, 0.15) is 89.9 Å². The predicted octanol–water partition coefficient (Wildman–Crippen LogP) is 4.00. The number of carbonyl (C=O) groups excluding carboxylic acids is 2. The van der Waals surface area contributed by atoms with Crippen LogP contribution < -0.4 is 0 Å². The summed E-state index contributed by atoms with van der Waals surface area (Å²) in [7, 11) is 3.89. The van der Waals surface area contributed by atoms with E-state index in [1.165, 1.54) is 51.4 Å². The molecule has 6 nitrogen and oxygen atoms in total. The molecule has 0 bridgehead atoms. The summed E-state index contributed by atoms with van der Waals surface area (Å²) in [6.07, 6.45) is 16.1. The molecule has 0 radical (unpaired) electrons. The van der Waals surface area contributed by atoms with E-state index in [1.54, 1.807) is 0 Å². The SMILES string of the molecule is CN(CCCCCCN(C)C(=O)CCN1CCCCCC1)C(=O)CCN1CCCCCC1. The van der Waals surface area contributed by atoms with Gasteiger partial charge in [-0.3, -0.25) is 9.59 Å². The highest BCUT2D eigenvalue weighted by atomic mass is 16.2. The summed E-state index contributed by atoms with van der Waals surface area (Å²) in [6.45, 7) is 8.17. The molecule has 2 fully saturated rings. The van der Waals surface area contributed by atoms with E-state index in [9.17, 15) is 9.59 Å². The number of carbonyl (C=O) groups is 2. The smallest absolute Gasteiger partial charge is 0.223 e. The number of amides is 2. The van der Waals surface area contributed by atoms with Gasteiger partial charge in [-0.1, -0.05) is 38.5 Å². The van der Waals surface area contributed by atoms with E-state index >= 15 is 0 Å². The lowest BCUT2D eigenvalue weighted by Gasteiger charge is -2.22. The lowest BCUT2D eigenvalue weighted by Crippen LogP contribution is -2.33. The minimum Gasteiger partial charge on any atom is -0.346 e. The van der Waals surface area contributed by atoms with E-state index in [0.717, 1.165) is 78.0 Å². The summed E-state index contributed by atoms with van der Waals surface area (Å²) in [5, 5.41) is 0. The molecule has 0 aromatic rings. The third kappa shape index (κ3) is 11.6. The molecule has 2 amide bonds. The summed E-state index contributed by atoms with van der Waals surface area (Å²) in [5.74, 6) is 0.563. The maximum atomic E-state index is 12.4. The van der Waals surface area contributed by atoms with Gasteiger partial charge in [-0.2, -0.15) is 0 Å². The molecular formula is C26H50N4O2. The van der Waals surface area contributed by atoms with Gasteiger partial charge in [0, 0.05) is 53.1 Å². The van der Waals surface area contributed by atoms with Crippen molar-refractivity contribution in [2.24, 2.45) is 0 Å². The van der Waals surface area contributed by atoms with Gasteiger partial charge in [0.25, 0.3) is 0 Å². The predicted molar refractivity (Wildman–Crippen MR) is 133 cm³/mol. The Balaban J connectivity index is 1.46. The number of unbranched alkanes of at least 4 members (excludes halogenated alkanes) is 3. The van der Waals surface area contributed by atoms with Crippen molar-refractivity contribution in [1.29, 1.82) is 0 Å². The molecule has 0 aromatic carbocycles. The standard InChI is InChI=1S/C26H50N4O2/c1-27(25(31)15-23-29-19-11-5-6-12-20-29)17-9-3-4-10-18-28(2)26(32)16-24-30-21-13-7-8-14-22-30/h3-24H2,1-2H3. The number of nitrogens with zero attached hydrogens (tertiary/aromatic N) is 4. The van der Waals surface area contributed by atoms with E-state index in [0.29, 0.717) is 12.8 Å². The lowest BCUT2D eigenvalue weighted by atomic mass is 10.1. The molecule has 2 rings (SSSR count). The molecule has 32 heavy (non-hydrogen) atoms.